The van der Waals surface area contributed by atoms with Crippen LogP contribution in [0, 0.1) is 0 Å². The summed E-state index contributed by atoms with van der Waals surface area (Å²) in [7, 11) is 0. The Balaban J connectivity index is 3.92. The zero-order chi connectivity index (χ0) is 10.5. The topological polar surface area (TPSA) is 75.3 Å². The first-order valence-electron chi connectivity index (χ1n) is 4.71. The summed E-state index contributed by atoms with van der Waals surface area (Å²) in [6, 6.07) is -0.516. The second kappa shape index (κ2) is 5.19. The Kier molecular flexibility index (Phi) is 4.95. The highest BCUT2D eigenvalue weighted by Gasteiger charge is 2.23. The molecule has 0 aliphatic carbocycles. The summed E-state index contributed by atoms with van der Waals surface area (Å²) < 4.78 is 0. The Morgan fingerprint density at radius 2 is 2.00 bits per heavy atom. The van der Waals surface area contributed by atoms with Crippen molar-refractivity contribution in [2.75, 3.05) is 6.54 Å². The van der Waals surface area contributed by atoms with Gasteiger partial charge >= 0.3 is 0 Å². The van der Waals surface area contributed by atoms with Crippen molar-refractivity contribution >= 4 is 5.91 Å². The van der Waals surface area contributed by atoms with E-state index in [4.69, 9.17) is 5.73 Å². The number of aliphatic hydroxyl groups is 1. The molecule has 4 nitrogen and oxygen atoms in total. The Bertz CT molecular complexity index is 165. The van der Waals surface area contributed by atoms with Gasteiger partial charge in [0.15, 0.2) is 0 Å². The van der Waals surface area contributed by atoms with Crippen LogP contribution in [0.3, 0.4) is 0 Å². The summed E-state index contributed by atoms with van der Waals surface area (Å²) in [5.74, 6) is -0.222. The standard InChI is InChI=1S/C9H20N2O2/c1-4-9(13,5-2)6-11-8(12)7(3)10/h7,13H,4-6,10H2,1-3H3,(H,11,12)/t7-/m1/s1. The van der Waals surface area contributed by atoms with Gasteiger partial charge in [0.25, 0.3) is 0 Å². The first-order chi connectivity index (χ1) is 5.95. The normalized spacial score (nSPS) is 13.9. The first kappa shape index (κ1) is 12.4. The van der Waals surface area contributed by atoms with Crippen LogP contribution in [0.4, 0.5) is 0 Å². The van der Waals surface area contributed by atoms with Gasteiger partial charge in [-0.1, -0.05) is 13.8 Å². The van der Waals surface area contributed by atoms with Gasteiger partial charge in [-0.15, -0.1) is 0 Å². The molecule has 0 aliphatic rings. The zero-order valence-electron chi connectivity index (χ0n) is 8.63. The van der Waals surface area contributed by atoms with Crippen LogP contribution in [0.5, 0.6) is 0 Å². The number of hydrogen-bond donors (Lipinski definition) is 3. The summed E-state index contributed by atoms with van der Waals surface area (Å²) in [4.78, 5) is 11.1. The number of amides is 1. The molecule has 0 aromatic rings. The maximum Gasteiger partial charge on any atom is 0.236 e. The highest BCUT2D eigenvalue weighted by molar-refractivity contribution is 5.80. The third-order valence-electron chi connectivity index (χ3n) is 2.32. The van der Waals surface area contributed by atoms with Crippen LogP contribution in [0.1, 0.15) is 33.6 Å². The molecule has 1 atom stereocenters. The van der Waals surface area contributed by atoms with Gasteiger partial charge in [-0.3, -0.25) is 4.79 Å². The van der Waals surface area contributed by atoms with Crippen molar-refractivity contribution < 1.29 is 9.90 Å². The van der Waals surface area contributed by atoms with Crippen LogP contribution in [0.25, 0.3) is 0 Å². The Hall–Kier alpha value is -0.610. The van der Waals surface area contributed by atoms with E-state index >= 15 is 0 Å². The number of rotatable bonds is 5. The van der Waals surface area contributed by atoms with Crippen LogP contribution in [-0.4, -0.2) is 29.2 Å². The van der Waals surface area contributed by atoms with E-state index in [1.54, 1.807) is 6.92 Å². The molecule has 0 rings (SSSR count). The lowest BCUT2D eigenvalue weighted by atomic mass is 9.97. The monoisotopic (exact) mass is 188 g/mol. The molecule has 0 spiro atoms. The minimum absolute atomic E-state index is 0.222. The third-order valence-corrected chi connectivity index (χ3v) is 2.32. The lowest BCUT2D eigenvalue weighted by molar-refractivity contribution is -0.123. The average molecular weight is 188 g/mol. The molecular formula is C9H20N2O2. The van der Waals surface area contributed by atoms with Gasteiger partial charge in [-0.25, -0.2) is 0 Å². The highest BCUT2D eigenvalue weighted by Crippen LogP contribution is 2.12. The van der Waals surface area contributed by atoms with Crippen molar-refractivity contribution in [2.24, 2.45) is 5.73 Å². The number of nitrogens with one attached hydrogen (secondary N) is 1. The van der Waals surface area contributed by atoms with Crippen LogP contribution in [0.2, 0.25) is 0 Å². The molecule has 0 fully saturated rings. The Labute approximate surface area is 79.5 Å². The van der Waals surface area contributed by atoms with E-state index in [0.717, 1.165) is 0 Å². The zero-order valence-corrected chi connectivity index (χ0v) is 8.63. The molecule has 13 heavy (non-hydrogen) atoms. The number of hydrogen-bond acceptors (Lipinski definition) is 3. The molecule has 0 bridgehead atoms. The van der Waals surface area contributed by atoms with Crippen molar-refractivity contribution in [1.29, 1.82) is 0 Å². The molecule has 0 aromatic carbocycles. The Morgan fingerprint density at radius 1 is 1.54 bits per heavy atom. The Morgan fingerprint density at radius 3 is 2.31 bits per heavy atom. The molecule has 0 saturated heterocycles. The molecule has 0 aliphatic heterocycles. The lowest BCUT2D eigenvalue weighted by Crippen LogP contribution is -2.46. The van der Waals surface area contributed by atoms with E-state index in [-0.39, 0.29) is 12.5 Å². The quantitative estimate of drug-likeness (QED) is 0.568. The maximum absolute atomic E-state index is 11.1. The van der Waals surface area contributed by atoms with E-state index in [0.29, 0.717) is 12.8 Å². The molecule has 78 valence electrons. The summed E-state index contributed by atoms with van der Waals surface area (Å²) in [6.07, 6.45) is 1.26. The highest BCUT2D eigenvalue weighted by atomic mass is 16.3. The SMILES string of the molecule is CCC(O)(CC)CNC(=O)[C@@H](C)N. The molecule has 0 heterocycles. The van der Waals surface area contributed by atoms with Crippen molar-refractivity contribution in [3.8, 4) is 0 Å². The minimum Gasteiger partial charge on any atom is -0.388 e. The summed E-state index contributed by atoms with van der Waals surface area (Å²) in [6.45, 7) is 5.68. The predicted octanol–water partition coefficient (Wildman–Crippen LogP) is 0.000900. The molecule has 4 N–H and O–H groups in total. The molecule has 1 amide bonds. The van der Waals surface area contributed by atoms with Gasteiger partial charge in [0, 0.05) is 6.54 Å². The summed E-state index contributed by atoms with van der Waals surface area (Å²) in [5, 5.41) is 12.4. The van der Waals surface area contributed by atoms with E-state index in [9.17, 15) is 9.90 Å². The van der Waals surface area contributed by atoms with Crippen molar-refractivity contribution in [2.45, 2.75) is 45.3 Å². The summed E-state index contributed by atoms with van der Waals surface area (Å²) in [5.41, 5.74) is 4.57. The maximum atomic E-state index is 11.1. The van der Waals surface area contributed by atoms with Gasteiger partial charge in [0.2, 0.25) is 5.91 Å². The third kappa shape index (κ3) is 4.24. The number of carbonyl (C=O) groups excluding carboxylic acids is 1. The average Bonchev–Trinajstić information content (AvgIpc) is 2.13. The second-order valence-electron chi connectivity index (χ2n) is 3.44. The largest absolute Gasteiger partial charge is 0.388 e. The fraction of sp³-hybridized carbons (Fsp3) is 0.889. The number of carbonyl (C=O) groups is 1. The fourth-order valence-electron chi connectivity index (χ4n) is 0.913. The van der Waals surface area contributed by atoms with Gasteiger partial charge in [0.05, 0.1) is 11.6 Å². The smallest absolute Gasteiger partial charge is 0.236 e. The summed E-state index contributed by atoms with van der Waals surface area (Å²) >= 11 is 0. The predicted molar refractivity (Wildman–Crippen MR) is 52.2 cm³/mol. The van der Waals surface area contributed by atoms with E-state index in [2.05, 4.69) is 5.32 Å². The van der Waals surface area contributed by atoms with E-state index in [1.807, 2.05) is 13.8 Å². The molecular weight excluding hydrogens is 168 g/mol. The van der Waals surface area contributed by atoms with Gasteiger partial charge in [-0.2, -0.15) is 0 Å². The van der Waals surface area contributed by atoms with Crippen LogP contribution < -0.4 is 11.1 Å². The molecule has 0 unspecified atom stereocenters. The molecule has 0 saturated carbocycles. The molecule has 0 radical (unpaired) electrons. The number of nitrogens with two attached hydrogens (primary N) is 1. The molecule has 0 aromatic heterocycles. The second-order valence-corrected chi connectivity index (χ2v) is 3.44. The van der Waals surface area contributed by atoms with E-state index in [1.165, 1.54) is 0 Å². The van der Waals surface area contributed by atoms with Crippen LogP contribution in [0.15, 0.2) is 0 Å². The minimum atomic E-state index is -0.787. The van der Waals surface area contributed by atoms with Crippen molar-refractivity contribution in [3.05, 3.63) is 0 Å². The molecule has 4 heteroatoms. The van der Waals surface area contributed by atoms with Gasteiger partial charge < -0.3 is 16.2 Å². The van der Waals surface area contributed by atoms with E-state index < -0.39 is 11.6 Å². The van der Waals surface area contributed by atoms with Crippen molar-refractivity contribution in [3.63, 3.8) is 0 Å². The fourth-order valence-corrected chi connectivity index (χ4v) is 0.913. The van der Waals surface area contributed by atoms with Crippen LogP contribution >= 0.6 is 0 Å². The van der Waals surface area contributed by atoms with Gasteiger partial charge in [0.1, 0.15) is 0 Å². The first-order valence-corrected chi connectivity index (χ1v) is 4.71. The van der Waals surface area contributed by atoms with Gasteiger partial charge in [-0.05, 0) is 19.8 Å². The lowest BCUT2D eigenvalue weighted by Gasteiger charge is -2.25. The van der Waals surface area contributed by atoms with Crippen molar-refractivity contribution in [1.82, 2.24) is 5.32 Å². The van der Waals surface area contributed by atoms with Crippen LogP contribution in [-0.2, 0) is 4.79 Å².